The number of rotatable bonds is 2. The summed E-state index contributed by atoms with van der Waals surface area (Å²) in [4.78, 5) is 26.7. The number of carbonyl (C=O) groups excluding carboxylic acids is 2. The van der Waals surface area contributed by atoms with E-state index in [0.29, 0.717) is 23.7 Å². The molecule has 1 fully saturated rings. The van der Waals surface area contributed by atoms with Crippen LogP contribution in [0.2, 0.25) is 0 Å². The molecule has 0 bridgehead atoms. The van der Waals surface area contributed by atoms with E-state index in [2.05, 4.69) is 5.32 Å². The predicted octanol–water partition coefficient (Wildman–Crippen LogP) is 1.53. The summed E-state index contributed by atoms with van der Waals surface area (Å²) in [5.74, 6) is -0.377. The number of anilines is 1. The first-order valence-electron chi connectivity index (χ1n) is 6.60. The zero-order chi connectivity index (χ0) is 14.1. The fraction of sp³-hybridized carbons (Fsp3) is 0.538. The third kappa shape index (κ3) is 2.16. The van der Waals surface area contributed by atoms with Crippen LogP contribution >= 0.6 is 11.3 Å². The highest BCUT2D eigenvalue weighted by Crippen LogP contribution is 2.39. The van der Waals surface area contributed by atoms with Gasteiger partial charge in [-0.1, -0.05) is 0 Å². The fourth-order valence-corrected chi connectivity index (χ4v) is 3.88. The smallest absolute Gasteiger partial charge is 0.414 e. The monoisotopic (exact) mass is 296 g/mol. The van der Waals surface area contributed by atoms with E-state index in [1.165, 1.54) is 18.4 Å². The molecule has 108 valence electrons. The van der Waals surface area contributed by atoms with Gasteiger partial charge in [0, 0.05) is 18.0 Å². The zero-order valence-corrected chi connectivity index (χ0v) is 12.0. The Kier molecular flexibility index (Phi) is 3.62. The zero-order valence-electron chi connectivity index (χ0n) is 11.2. The summed E-state index contributed by atoms with van der Waals surface area (Å²) in [7, 11) is 1.37. The van der Waals surface area contributed by atoms with Crippen LogP contribution in [0, 0.1) is 0 Å². The Labute approximate surface area is 120 Å². The van der Waals surface area contributed by atoms with E-state index >= 15 is 0 Å². The molecule has 6 nitrogen and oxygen atoms in total. The van der Waals surface area contributed by atoms with Gasteiger partial charge in [0.25, 0.3) is 0 Å². The third-order valence-electron chi connectivity index (χ3n) is 3.52. The Bertz CT molecular complexity index is 555. The number of nitrogens with zero attached hydrogens (tertiary/aromatic N) is 1. The summed E-state index contributed by atoms with van der Waals surface area (Å²) in [5.41, 5.74) is 1.54. The van der Waals surface area contributed by atoms with Crippen LogP contribution < -0.4 is 10.2 Å². The van der Waals surface area contributed by atoms with Crippen molar-refractivity contribution in [2.24, 2.45) is 0 Å². The molecule has 0 aromatic carbocycles. The van der Waals surface area contributed by atoms with Crippen molar-refractivity contribution in [1.29, 1.82) is 0 Å². The van der Waals surface area contributed by atoms with Gasteiger partial charge in [-0.2, -0.15) is 0 Å². The van der Waals surface area contributed by atoms with Gasteiger partial charge < -0.3 is 14.8 Å². The molecule has 1 amide bonds. The molecule has 1 N–H and O–H groups in total. The predicted molar refractivity (Wildman–Crippen MR) is 74.4 cm³/mol. The normalized spacial score (nSPS) is 18.4. The summed E-state index contributed by atoms with van der Waals surface area (Å²) in [6.07, 6.45) is 1.17. The number of esters is 1. The minimum absolute atomic E-state index is 0.377. The minimum Gasteiger partial charge on any atom is -0.465 e. The fourth-order valence-electron chi connectivity index (χ4n) is 2.56. The molecular formula is C13H16N2O4S. The summed E-state index contributed by atoms with van der Waals surface area (Å²) < 4.78 is 9.97. The number of hydrogen-bond donors (Lipinski definition) is 1. The van der Waals surface area contributed by atoms with E-state index in [1.807, 2.05) is 0 Å². The second kappa shape index (κ2) is 5.41. The quantitative estimate of drug-likeness (QED) is 0.838. The second-order valence-electron chi connectivity index (χ2n) is 4.72. The second-order valence-corrected chi connectivity index (χ2v) is 5.81. The standard InChI is InChI=1S/C13H16N2O4S/c1-18-12(16)10-8-3-4-14-7-9(8)20-11(10)15-5-2-6-19-13(15)17/h14H,2-7H2,1H3. The first-order valence-corrected chi connectivity index (χ1v) is 7.42. The highest BCUT2D eigenvalue weighted by Gasteiger charge is 2.32. The number of methoxy groups -OCH3 is 1. The maximum atomic E-state index is 12.1. The van der Waals surface area contributed by atoms with Gasteiger partial charge in [-0.3, -0.25) is 4.90 Å². The van der Waals surface area contributed by atoms with Crippen LogP contribution in [0.1, 0.15) is 27.2 Å². The molecule has 0 radical (unpaired) electrons. The number of carbonyl (C=O) groups is 2. The van der Waals surface area contributed by atoms with Gasteiger partial charge in [0.1, 0.15) is 5.00 Å². The van der Waals surface area contributed by atoms with Crippen molar-refractivity contribution in [2.45, 2.75) is 19.4 Å². The number of hydrogen-bond acceptors (Lipinski definition) is 6. The van der Waals surface area contributed by atoms with Gasteiger partial charge in [0.2, 0.25) is 0 Å². The maximum Gasteiger partial charge on any atom is 0.414 e. The molecule has 20 heavy (non-hydrogen) atoms. The van der Waals surface area contributed by atoms with E-state index in [0.717, 1.165) is 36.4 Å². The molecule has 0 aliphatic carbocycles. The molecule has 0 unspecified atom stereocenters. The van der Waals surface area contributed by atoms with Crippen molar-refractivity contribution in [3.63, 3.8) is 0 Å². The lowest BCUT2D eigenvalue weighted by atomic mass is 10.0. The number of nitrogens with one attached hydrogen (secondary N) is 1. The van der Waals surface area contributed by atoms with Crippen LogP contribution in [-0.4, -0.2) is 38.9 Å². The topological polar surface area (TPSA) is 67.9 Å². The van der Waals surface area contributed by atoms with Gasteiger partial charge in [-0.15, -0.1) is 11.3 Å². The summed E-state index contributed by atoms with van der Waals surface area (Å²) in [6, 6.07) is 0. The number of cyclic esters (lactones) is 1. The molecule has 1 saturated heterocycles. The number of fused-ring (bicyclic) bond motifs is 1. The van der Waals surface area contributed by atoms with Crippen molar-refractivity contribution < 1.29 is 19.1 Å². The largest absolute Gasteiger partial charge is 0.465 e. The molecular weight excluding hydrogens is 280 g/mol. The highest BCUT2D eigenvalue weighted by atomic mass is 32.1. The lowest BCUT2D eigenvalue weighted by Gasteiger charge is -2.25. The lowest BCUT2D eigenvalue weighted by molar-refractivity contribution is 0.0600. The maximum absolute atomic E-state index is 12.1. The summed E-state index contributed by atoms with van der Waals surface area (Å²) in [6.45, 7) is 2.58. The molecule has 2 aliphatic heterocycles. The number of amides is 1. The van der Waals surface area contributed by atoms with Crippen molar-refractivity contribution in [3.05, 3.63) is 16.0 Å². The molecule has 3 rings (SSSR count). The van der Waals surface area contributed by atoms with Gasteiger partial charge >= 0.3 is 12.1 Å². The van der Waals surface area contributed by atoms with Crippen LogP contribution in [0.15, 0.2) is 0 Å². The van der Waals surface area contributed by atoms with E-state index in [4.69, 9.17) is 9.47 Å². The van der Waals surface area contributed by atoms with Gasteiger partial charge in [0.15, 0.2) is 0 Å². The molecule has 0 saturated carbocycles. The Morgan fingerprint density at radius 1 is 1.50 bits per heavy atom. The van der Waals surface area contributed by atoms with E-state index in [-0.39, 0.29) is 12.1 Å². The Hall–Kier alpha value is -1.60. The minimum atomic E-state index is -0.382. The molecule has 0 spiro atoms. The van der Waals surface area contributed by atoms with Gasteiger partial charge in [-0.05, 0) is 24.9 Å². The number of thiophene rings is 1. The van der Waals surface area contributed by atoms with Gasteiger partial charge in [-0.25, -0.2) is 9.59 Å². The first kappa shape index (κ1) is 13.4. The Balaban J connectivity index is 2.06. The highest BCUT2D eigenvalue weighted by molar-refractivity contribution is 7.17. The molecule has 0 atom stereocenters. The van der Waals surface area contributed by atoms with Crippen molar-refractivity contribution in [3.8, 4) is 0 Å². The Morgan fingerprint density at radius 2 is 2.35 bits per heavy atom. The Morgan fingerprint density at radius 3 is 3.10 bits per heavy atom. The molecule has 1 aromatic rings. The summed E-state index contributed by atoms with van der Waals surface area (Å²) >= 11 is 1.48. The average molecular weight is 296 g/mol. The van der Waals surface area contributed by atoms with Crippen LogP contribution in [0.3, 0.4) is 0 Å². The van der Waals surface area contributed by atoms with Crippen molar-refractivity contribution >= 4 is 28.4 Å². The molecule has 3 heterocycles. The van der Waals surface area contributed by atoms with Crippen LogP contribution in [-0.2, 0) is 22.4 Å². The van der Waals surface area contributed by atoms with Crippen LogP contribution in [0.5, 0.6) is 0 Å². The van der Waals surface area contributed by atoms with Gasteiger partial charge in [0.05, 0.1) is 19.3 Å². The average Bonchev–Trinajstić information content (AvgIpc) is 2.86. The van der Waals surface area contributed by atoms with Crippen LogP contribution in [0.25, 0.3) is 0 Å². The number of ether oxygens (including phenoxy) is 2. The third-order valence-corrected chi connectivity index (χ3v) is 4.77. The lowest BCUT2D eigenvalue weighted by Crippen LogP contribution is -2.38. The SMILES string of the molecule is COC(=O)c1c(N2CCCOC2=O)sc2c1CCNC2. The van der Waals surface area contributed by atoms with Crippen molar-refractivity contribution in [1.82, 2.24) is 5.32 Å². The molecule has 7 heteroatoms. The van der Waals surface area contributed by atoms with Crippen LogP contribution in [0.4, 0.5) is 9.80 Å². The van der Waals surface area contributed by atoms with E-state index in [9.17, 15) is 9.59 Å². The van der Waals surface area contributed by atoms with E-state index < -0.39 is 0 Å². The molecule has 2 aliphatic rings. The first-order chi connectivity index (χ1) is 9.72. The van der Waals surface area contributed by atoms with Crippen molar-refractivity contribution in [2.75, 3.05) is 31.7 Å². The molecule has 1 aromatic heterocycles. The summed E-state index contributed by atoms with van der Waals surface area (Å²) in [5, 5.41) is 3.94. The van der Waals surface area contributed by atoms with E-state index in [1.54, 1.807) is 4.90 Å².